The second kappa shape index (κ2) is 5.59. The minimum atomic E-state index is -0.381. The van der Waals surface area contributed by atoms with Gasteiger partial charge in [0.05, 0.1) is 17.7 Å². The van der Waals surface area contributed by atoms with Crippen LogP contribution in [0, 0.1) is 0 Å². The molecule has 2 N–H and O–H groups in total. The van der Waals surface area contributed by atoms with Gasteiger partial charge in [-0.1, -0.05) is 12.1 Å². The van der Waals surface area contributed by atoms with Crippen molar-refractivity contribution >= 4 is 28.4 Å². The van der Waals surface area contributed by atoms with Crippen molar-refractivity contribution < 1.29 is 14.7 Å². The Morgan fingerprint density at radius 1 is 1.00 bits per heavy atom. The minimum absolute atomic E-state index is 0.0442. The van der Waals surface area contributed by atoms with Crippen LogP contribution in [0.1, 0.15) is 26.3 Å². The number of rotatable bonds is 3. The van der Waals surface area contributed by atoms with E-state index in [0.717, 1.165) is 11.3 Å². The first-order valence-corrected chi connectivity index (χ1v) is 7.83. The highest BCUT2D eigenvalue weighted by atomic mass is 16.3. The molecule has 4 rings (SSSR count). The number of hydrogen-bond donors (Lipinski definition) is 2. The zero-order chi connectivity index (χ0) is 17.6. The molecule has 0 radical (unpaired) electrons. The molecule has 0 saturated carbocycles. The number of aromatic nitrogens is 1. The summed E-state index contributed by atoms with van der Waals surface area (Å²) in [7, 11) is 1.83. The third-order valence-electron chi connectivity index (χ3n) is 4.41. The standard InChI is InChI=1S/C19H15N3O3/c1-20-12-4-2-11(3-5-12)10-22-18(24)13-6-7-15(23)17-16(13)14(19(22)25)8-9-21-17/h2-9,20,23H,10H2,1H3. The van der Waals surface area contributed by atoms with Crippen molar-refractivity contribution in [2.75, 3.05) is 12.4 Å². The molecule has 3 aromatic rings. The van der Waals surface area contributed by atoms with E-state index >= 15 is 0 Å². The Balaban J connectivity index is 1.78. The second-order valence-electron chi connectivity index (χ2n) is 5.86. The van der Waals surface area contributed by atoms with Crippen molar-refractivity contribution in [1.82, 2.24) is 9.88 Å². The molecule has 0 aliphatic carbocycles. The molecule has 2 aromatic carbocycles. The first-order chi connectivity index (χ1) is 12.1. The van der Waals surface area contributed by atoms with Crippen LogP contribution in [0.3, 0.4) is 0 Å². The lowest BCUT2D eigenvalue weighted by molar-refractivity contribution is 0.0598. The molecule has 2 amide bonds. The maximum absolute atomic E-state index is 12.8. The molecule has 6 heteroatoms. The smallest absolute Gasteiger partial charge is 0.261 e. The molecule has 124 valence electrons. The number of anilines is 1. The van der Waals surface area contributed by atoms with Gasteiger partial charge in [0.1, 0.15) is 11.3 Å². The summed E-state index contributed by atoms with van der Waals surface area (Å²) >= 11 is 0. The van der Waals surface area contributed by atoms with Gasteiger partial charge in [0, 0.05) is 24.3 Å². The molecule has 1 aliphatic heterocycles. The fourth-order valence-corrected chi connectivity index (χ4v) is 3.10. The van der Waals surface area contributed by atoms with E-state index in [2.05, 4.69) is 10.3 Å². The van der Waals surface area contributed by atoms with Crippen LogP contribution < -0.4 is 5.32 Å². The van der Waals surface area contributed by atoms with Gasteiger partial charge in [-0.25, -0.2) is 0 Å². The number of pyridine rings is 1. The van der Waals surface area contributed by atoms with Crippen molar-refractivity contribution in [3.8, 4) is 5.75 Å². The number of aromatic hydroxyl groups is 1. The average molecular weight is 333 g/mol. The largest absolute Gasteiger partial charge is 0.506 e. The van der Waals surface area contributed by atoms with E-state index in [1.54, 1.807) is 6.07 Å². The lowest BCUT2D eigenvalue weighted by Gasteiger charge is -2.27. The molecule has 2 heterocycles. The first kappa shape index (κ1) is 15.1. The Hall–Kier alpha value is -3.41. The molecule has 25 heavy (non-hydrogen) atoms. The topological polar surface area (TPSA) is 82.5 Å². The Labute approximate surface area is 143 Å². The van der Waals surface area contributed by atoms with E-state index < -0.39 is 0 Å². The summed E-state index contributed by atoms with van der Waals surface area (Å²) in [4.78, 5) is 31.0. The molecule has 0 bridgehead atoms. The Bertz CT molecular complexity index is 990. The van der Waals surface area contributed by atoms with Gasteiger partial charge in [-0.3, -0.25) is 19.5 Å². The summed E-state index contributed by atoms with van der Waals surface area (Å²) in [6.07, 6.45) is 1.47. The van der Waals surface area contributed by atoms with Crippen LogP contribution in [0.2, 0.25) is 0 Å². The third kappa shape index (κ3) is 2.30. The molecular weight excluding hydrogens is 318 g/mol. The van der Waals surface area contributed by atoms with Gasteiger partial charge >= 0.3 is 0 Å². The summed E-state index contributed by atoms with van der Waals surface area (Å²) in [5, 5.41) is 13.4. The quantitative estimate of drug-likeness (QED) is 0.720. The van der Waals surface area contributed by atoms with Crippen LogP contribution in [0.25, 0.3) is 10.9 Å². The van der Waals surface area contributed by atoms with Crippen molar-refractivity contribution in [1.29, 1.82) is 0 Å². The SMILES string of the molecule is CNc1ccc(CN2C(=O)c3ccnc4c(O)ccc(c34)C2=O)cc1. The molecule has 0 spiro atoms. The number of nitrogens with one attached hydrogen (secondary N) is 1. The van der Waals surface area contributed by atoms with Crippen LogP contribution in [-0.4, -0.2) is 33.9 Å². The predicted molar refractivity (Wildman–Crippen MR) is 93.6 cm³/mol. The number of phenolic OH excluding ortho intramolecular Hbond substituents is 1. The van der Waals surface area contributed by atoms with Crippen LogP contribution in [0.15, 0.2) is 48.7 Å². The van der Waals surface area contributed by atoms with Crippen molar-refractivity contribution in [2.24, 2.45) is 0 Å². The van der Waals surface area contributed by atoms with Crippen LogP contribution in [0.4, 0.5) is 5.69 Å². The number of phenols is 1. The summed E-state index contributed by atoms with van der Waals surface area (Å²) in [5.74, 6) is -0.807. The average Bonchev–Trinajstić information content (AvgIpc) is 2.65. The predicted octanol–water partition coefficient (Wildman–Crippen LogP) is 2.78. The molecule has 1 aromatic heterocycles. The number of amides is 2. The van der Waals surface area contributed by atoms with E-state index in [4.69, 9.17) is 0 Å². The van der Waals surface area contributed by atoms with E-state index in [0.29, 0.717) is 16.5 Å². The molecule has 0 saturated heterocycles. The maximum Gasteiger partial charge on any atom is 0.261 e. The minimum Gasteiger partial charge on any atom is -0.506 e. The van der Waals surface area contributed by atoms with E-state index in [1.165, 1.54) is 23.2 Å². The fraction of sp³-hybridized carbons (Fsp3) is 0.105. The van der Waals surface area contributed by atoms with Crippen LogP contribution in [0.5, 0.6) is 5.75 Å². The number of nitrogens with zero attached hydrogens (tertiary/aromatic N) is 2. The third-order valence-corrected chi connectivity index (χ3v) is 4.41. The highest BCUT2D eigenvalue weighted by molar-refractivity contribution is 6.25. The van der Waals surface area contributed by atoms with E-state index in [-0.39, 0.29) is 29.6 Å². The first-order valence-electron chi connectivity index (χ1n) is 7.83. The summed E-state index contributed by atoms with van der Waals surface area (Å²) in [6.45, 7) is 0.186. The van der Waals surface area contributed by atoms with Gasteiger partial charge in [0.15, 0.2) is 0 Å². The number of hydrogen-bond acceptors (Lipinski definition) is 5. The Morgan fingerprint density at radius 3 is 2.36 bits per heavy atom. The Morgan fingerprint density at radius 2 is 1.68 bits per heavy atom. The zero-order valence-electron chi connectivity index (χ0n) is 13.5. The van der Waals surface area contributed by atoms with Crippen LogP contribution >= 0.6 is 0 Å². The normalized spacial score (nSPS) is 13.4. The van der Waals surface area contributed by atoms with E-state index in [1.807, 2.05) is 31.3 Å². The molecule has 0 fully saturated rings. The Kier molecular flexibility index (Phi) is 3.39. The van der Waals surface area contributed by atoms with E-state index in [9.17, 15) is 14.7 Å². The number of carbonyl (C=O) groups is 2. The zero-order valence-corrected chi connectivity index (χ0v) is 13.5. The molecule has 1 aliphatic rings. The number of benzene rings is 2. The van der Waals surface area contributed by atoms with Gasteiger partial charge in [-0.05, 0) is 35.9 Å². The van der Waals surface area contributed by atoms with Gasteiger partial charge in [0.2, 0.25) is 0 Å². The van der Waals surface area contributed by atoms with Crippen molar-refractivity contribution in [3.63, 3.8) is 0 Å². The number of carbonyl (C=O) groups excluding carboxylic acids is 2. The highest BCUT2D eigenvalue weighted by Gasteiger charge is 2.33. The van der Waals surface area contributed by atoms with Crippen LogP contribution in [-0.2, 0) is 6.54 Å². The summed E-state index contributed by atoms with van der Waals surface area (Å²) in [6, 6.07) is 12.1. The second-order valence-corrected chi connectivity index (χ2v) is 5.86. The molecule has 0 unspecified atom stereocenters. The summed E-state index contributed by atoms with van der Waals surface area (Å²) in [5.41, 5.74) is 2.84. The monoisotopic (exact) mass is 333 g/mol. The highest BCUT2D eigenvalue weighted by Crippen LogP contribution is 2.33. The fourth-order valence-electron chi connectivity index (χ4n) is 3.10. The molecular formula is C19H15N3O3. The lowest BCUT2D eigenvalue weighted by atomic mass is 9.96. The van der Waals surface area contributed by atoms with Gasteiger partial charge < -0.3 is 10.4 Å². The van der Waals surface area contributed by atoms with Gasteiger partial charge in [-0.2, -0.15) is 0 Å². The maximum atomic E-state index is 12.8. The van der Waals surface area contributed by atoms with Crippen molar-refractivity contribution in [3.05, 3.63) is 65.4 Å². The van der Waals surface area contributed by atoms with Crippen molar-refractivity contribution in [2.45, 2.75) is 6.54 Å². The lowest BCUT2D eigenvalue weighted by Crippen LogP contribution is -2.39. The van der Waals surface area contributed by atoms with Gasteiger partial charge in [0.25, 0.3) is 11.8 Å². The number of imide groups is 1. The van der Waals surface area contributed by atoms with Gasteiger partial charge in [-0.15, -0.1) is 0 Å². The summed E-state index contributed by atoms with van der Waals surface area (Å²) < 4.78 is 0. The molecule has 6 nitrogen and oxygen atoms in total. The molecule has 0 atom stereocenters.